The number of nitrogens with zero attached hydrogens (tertiary/aromatic N) is 3. The van der Waals surface area contributed by atoms with Gasteiger partial charge in [0, 0.05) is 49.2 Å². The van der Waals surface area contributed by atoms with E-state index in [0.29, 0.717) is 24.2 Å². The maximum atomic E-state index is 13.3. The Hall–Kier alpha value is -3.03. The standard InChI is InChI=1S/C20H19F3N4O/c1-26-6-7-27(11-26)13-2-3-15-16(9-13)14(4-5-18(15)28)12-8-17(20(21,22)23)19(24)25-10-12/h2-3,6-10,14H,4-5,11H2,1H3,(H2,24,25). The summed E-state index contributed by atoms with van der Waals surface area (Å²) in [5.41, 5.74) is 7.09. The summed E-state index contributed by atoms with van der Waals surface area (Å²) in [4.78, 5) is 20.2. The molecule has 1 aliphatic heterocycles. The SMILES string of the molecule is CN1C=CN(c2ccc3c(c2)C(c2cnc(N)c(C(F)(F)F)c2)CCC3=O)C1. The molecule has 0 saturated heterocycles. The number of anilines is 2. The molecule has 0 bridgehead atoms. The Bertz CT molecular complexity index is 970. The zero-order valence-electron chi connectivity index (χ0n) is 15.2. The molecule has 0 saturated carbocycles. The van der Waals surface area contributed by atoms with Crippen molar-refractivity contribution in [2.75, 3.05) is 24.3 Å². The number of ketones is 1. The lowest BCUT2D eigenvalue weighted by molar-refractivity contribution is -0.137. The second-order valence-corrected chi connectivity index (χ2v) is 7.15. The van der Waals surface area contributed by atoms with Crippen LogP contribution in [-0.4, -0.2) is 29.4 Å². The number of aromatic nitrogens is 1. The number of Topliss-reactive ketones (excluding diaryl/α,β-unsaturated/α-hetero) is 1. The smallest absolute Gasteiger partial charge is 0.383 e. The average molecular weight is 388 g/mol. The van der Waals surface area contributed by atoms with Gasteiger partial charge in [0.25, 0.3) is 0 Å². The minimum atomic E-state index is -4.58. The van der Waals surface area contributed by atoms with Crippen molar-refractivity contribution in [2.45, 2.75) is 24.9 Å². The summed E-state index contributed by atoms with van der Waals surface area (Å²) in [6, 6.07) is 6.58. The first-order valence-electron chi connectivity index (χ1n) is 8.89. The van der Waals surface area contributed by atoms with E-state index in [-0.39, 0.29) is 18.1 Å². The van der Waals surface area contributed by atoms with Gasteiger partial charge in [-0.2, -0.15) is 13.2 Å². The van der Waals surface area contributed by atoms with E-state index in [9.17, 15) is 18.0 Å². The van der Waals surface area contributed by atoms with Crippen LogP contribution in [0.4, 0.5) is 24.7 Å². The zero-order valence-corrected chi connectivity index (χ0v) is 15.2. The molecule has 8 heteroatoms. The van der Waals surface area contributed by atoms with Gasteiger partial charge in [0.1, 0.15) is 5.82 Å². The topological polar surface area (TPSA) is 62.5 Å². The highest BCUT2D eigenvalue weighted by Crippen LogP contribution is 2.41. The number of hydrogen-bond acceptors (Lipinski definition) is 5. The predicted molar refractivity (Wildman–Crippen MR) is 99.7 cm³/mol. The minimum Gasteiger partial charge on any atom is -0.383 e. The number of nitrogens with two attached hydrogens (primary N) is 1. The Balaban J connectivity index is 1.78. The van der Waals surface area contributed by atoms with Crippen molar-refractivity contribution in [1.29, 1.82) is 0 Å². The van der Waals surface area contributed by atoms with Crippen LogP contribution in [0, 0.1) is 0 Å². The minimum absolute atomic E-state index is 0.00586. The molecular formula is C20H19F3N4O. The summed E-state index contributed by atoms with van der Waals surface area (Å²) in [5.74, 6) is -0.875. The normalized spacial score (nSPS) is 19.3. The number of rotatable bonds is 2. The first-order valence-corrected chi connectivity index (χ1v) is 8.89. The van der Waals surface area contributed by atoms with E-state index in [2.05, 4.69) is 4.98 Å². The molecule has 1 aliphatic carbocycles. The van der Waals surface area contributed by atoms with Gasteiger partial charge in [0.05, 0.1) is 12.2 Å². The van der Waals surface area contributed by atoms with Crippen LogP contribution in [0.5, 0.6) is 0 Å². The molecule has 2 aliphatic rings. The Kier molecular flexibility index (Phi) is 4.28. The monoisotopic (exact) mass is 388 g/mol. The quantitative estimate of drug-likeness (QED) is 0.844. The van der Waals surface area contributed by atoms with E-state index in [1.807, 2.05) is 41.4 Å². The Labute approximate surface area is 160 Å². The number of hydrogen-bond donors (Lipinski definition) is 1. The molecule has 5 nitrogen and oxygen atoms in total. The van der Waals surface area contributed by atoms with Crippen molar-refractivity contribution in [1.82, 2.24) is 9.88 Å². The molecule has 0 spiro atoms. The van der Waals surface area contributed by atoms with Crippen LogP contribution < -0.4 is 10.6 Å². The van der Waals surface area contributed by atoms with Gasteiger partial charge in [-0.25, -0.2) is 4.98 Å². The van der Waals surface area contributed by atoms with E-state index in [1.165, 1.54) is 6.20 Å². The van der Waals surface area contributed by atoms with Gasteiger partial charge in [-0.15, -0.1) is 0 Å². The third-order valence-electron chi connectivity index (χ3n) is 5.23. The van der Waals surface area contributed by atoms with Crippen LogP contribution in [0.25, 0.3) is 0 Å². The van der Waals surface area contributed by atoms with Crippen LogP contribution in [-0.2, 0) is 6.18 Å². The fraction of sp³-hybridized carbons (Fsp3) is 0.300. The summed E-state index contributed by atoms with van der Waals surface area (Å²) in [6.45, 7) is 0.666. The highest BCUT2D eigenvalue weighted by atomic mass is 19.4. The highest BCUT2D eigenvalue weighted by Gasteiger charge is 2.36. The van der Waals surface area contributed by atoms with Gasteiger partial charge in [-0.05, 0) is 41.8 Å². The van der Waals surface area contributed by atoms with E-state index in [0.717, 1.165) is 17.3 Å². The molecule has 0 amide bonds. The number of fused-ring (bicyclic) bond motifs is 1. The first-order chi connectivity index (χ1) is 13.2. The Morgan fingerprint density at radius 2 is 2.00 bits per heavy atom. The maximum Gasteiger partial charge on any atom is 0.419 e. The lowest BCUT2D eigenvalue weighted by Crippen LogP contribution is -2.23. The number of carbonyl (C=O) groups excluding carboxylic acids is 1. The van der Waals surface area contributed by atoms with Gasteiger partial charge in [0.15, 0.2) is 5.78 Å². The van der Waals surface area contributed by atoms with Crippen molar-refractivity contribution in [3.8, 4) is 0 Å². The van der Waals surface area contributed by atoms with E-state index >= 15 is 0 Å². The molecule has 2 aromatic rings. The van der Waals surface area contributed by atoms with Crippen molar-refractivity contribution < 1.29 is 18.0 Å². The summed E-state index contributed by atoms with van der Waals surface area (Å²) >= 11 is 0. The van der Waals surface area contributed by atoms with Gasteiger partial charge >= 0.3 is 6.18 Å². The largest absolute Gasteiger partial charge is 0.419 e. The molecule has 1 atom stereocenters. The van der Waals surface area contributed by atoms with Crippen molar-refractivity contribution in [3.63, 3.8) is 0 Å². The second kappa shape index (κ2) is 6.54. The van der Waals surface area contributed by atoms with E-state index in [1.54, 1.807) is 6.07 Å². The Morgan fingerprint density at radius 3 is 2.68 bits per heavy atom. The van der Waals surface area contributed by atoms with Gasteiger partial charge in [-0.3, -0.25) is 4.79 Å². The van der Waals surface area contributed by atoms with E-state index < -0.39 is 17.6 Å². The summed E-state index contributed by atoms with van der Waals surface area (Å²) in [6.07, 6.45) is 1.39. The van der Waals surface area contributed by atoms with Crippen molar-refractivity contribution in [2.24, 2.45) is 0 Å². The fourth-order valence-electron chi connectivity index (χ4n) is 3.79. The van der Waals surface area contributed by atoms with E-state index in [4.69, 9.17) is 5.73 Å². The van der Waals surface area contributed by atoms with Crippen LogP contribution in [0.1, 0.15) is 45.8 Å². The van der Waals surface area contributed by atoms with Crippen molar-refractivity contribution >= 4 is 17.3 Å². The third kappa shape index (κ3) is 3.19. The number of pyridine rings is 1. The molecular weight excluding hydrogens is 369 g/mol. The van der Waals surface area contributed by atoms with Gasteiger partial charge in [-0.1, -0.05) is 0 Å². The number of benzene rings is 1. The first kappa shape index (κ1) is 18.3. The van der Waals surface area contributed by atoms with Crippen LogP contribution in [0.15, 0.2) is 42.9 Å². The number of nitrogen functional groups attached to an aromatic ring is 1. The van der Waals surface area contributed by atoms with Crippen molar-refractivity contribution in [3.05, 3.63) is 65.1 Å². The highest BCUT2D eigenvalue weighted by molar-refractivity contribution is 5.99. The van der Waals surface area contributed by atoms with Crippen LogP contribution >= 0.6 is 0 Å². The molecule has 4 rings (SSSR count). The molecule has 2 N–H and O–H groups in total. The summed E-state index contributed by atoms with van der Waals surface area (Å²) in [7, 11) is 1.94. The van der Waals surface area contributed by atoms with Crippen LogP contribution in [0.2, 0.25) is 0 Å². The number of halogens is 3. The Morgan fingerprint density at radius 1 is 1.21 bits per heavy atom. The third-order valence-corrected chi connectivity index (χ3v) is 5.23. The molecule has 0 fully saturated rings. The molecule has 1 unspecified atom stereocenters. The zero-order chi connectivity index (χ0) is 20.1. The summed E-state index contributed by atoms with van der Waals surface area (Å²) in [5, 5.41) is 0. The number of carbonyl (C=O) groups is 1. The predicted octanol–water partition coefficient (Wildman–Crippen LogP) is 3.97. The van der Waals surface area contributed by atoms with Crippen LogP contribution in [0.3, 0.4) is 0 Å². The number of alkyl halides is 3. The lowest BCUT2D eigenvalue weighted by Gasteiger charge is -2.28. The maximum absolute atomic E-state index is 13.3. The molecule has 146 valence electrons. The molecule has 0 radical (unpaired) electrons. The molecule has 1 aromatic heterocycles. The van der Waals surface area contributed by atoms with Gasteiger partial charge in [0.2, 0.25) is 0 Å². The van der Waals surface area contributed by atoms with Gasteiger partial charge < -0.3 is 15.5 Å². The molecule has 2 heterocycles. The molecule has 1 aromatic carbocycles. The summed E-state index contributed by atoms with van der Waals surface area (Å²) < 4.78 is 39.8. The fourth-order valence-corrected chi connectivity index (χ4v) is 3.79. The second-order valence-electron chi connectivity index (χ2n) is 7.15. The molecule has 28 heavy (non-hydrogen) atoms. The lowest BCUT2D eigenvalue weighted by atomic mass is 9.78. The average Bonchev–Trinajstić information content (AvgIpc) is 3.08.